The van der Waals surface area contributed by atoms with E-state index in [0.717, 1.165) is 26.5 Å². The van der Waals surface area contributed by atoms with Gasteiger partial charge in [-0.25, -0.2) is 0 Å². The summed E-state index contributed by atoms with van der Waals surface area (Å²) in [4.78, 5) is 10.9. The zero-order valence-electron chi connectivity index (χ0n) is 9.54. The maximum atomic E-state index is 10.9. The Morgan fingerprint density at radius 2 is 2.00 bits per heavy atom. The molecular weight excluding hydrogens is 446 g/mol. The third kappa shape index (κ3) is 5.09. The molecule has 0 spiro atoms. The molecule has 0 saturated heterocycles. The number of hydrogen-bond donors (Lipinski definition) is 0. The summed E-state index contributed by atoms with van der Waals surface area (Å²) >= 11 is 4.36. The summed E-state index contributed by atoms with van der Waals surface area (Å²) in [6, 6.07) is 3.80. The van der Waals surface area contributed by atoms with Gasteiger partial charge in [-0.3, -0.25) is 4.79 Å². The topological polar surface area (TPSA) is 35.5 Å². The van der Waals surface area contributed by atoms with E-state index in [4.69, 9.17) is 9.47 Å². The summed E-state index contributed by atoms with van der Waals surface area (Å²) in [5.74, 6) is 0.654. The zero-order chi connectivity index (χ0) is 12.7. The molecule has 94 valence electrons. The number of carbonyl (C=O) groups excluding carboxylic acids is 1. The lowest BCUT2D eigenvalue weighted by Gasteiger charge is -2.11. The van der Waals surface area contributed by atoms with E-state index >= 15 is 0 Å². The quantitative estimate of drug-likeness (QED) is 0.355. The van der Waals surface area contributed by atoms with Crippen molar-refractivity contribution in [2.45, 2.75) is 13.3 Å². The summed E-state index contributed by atoms with van der Waals surface area (Å²) < 4.78 is 12.9. The fraction of sp³-hybridized carbons (Fsp3) is 0.417. The van der Waals surface area contributed by atoms with Gasteiger partial charge < -0.3 is 9.47 Å². The van der Waals surface area contributed by atoms with Gasteiger partial charge in [0, 0.05) is 10.2 Å². The largest absolute Gasteiger partial charge is 0.489 e. The van der Waals surface area contributed by atoms with Gasteiger partial charge in [0.05, 0.1) is 15.7 Å². The highest BCUT2D eigenvalue weighted by atomic mass is 127. The highest BCUT2D eigenvalue weighted by molar-refractivity contribution is 14.1. The lowest BCUT2D eigenvalue weighted by Crippen LogP contribution is -2.09. The van der Waals surface area contributed by atoms with Gasteiger partial charge in [0.25, 0.3) is 0 Å². The smallest absolute Gasteiger partial charge is 0.153 e. The van der Waals surface area contributed by atoms with Crippen molar-refractivity contribution in [3.63, 3.8) is 0 Å². The number of hydrogen-bond acceptors (Lipinski definition) is 3. The summed E-state index contributed by atoms with van der Waals surface area (Å²) in [7, 11) is 0. The molecule has 0 N–H and O–H groups in total. The molecule has 17 heavy (non-hydrogen) atoms. The minimum Gasteiger partial charge on any atom is -0.489 e. The normalized spacial score (nSPS) is 10.3. The Hall–Kier alpha value is 0.110. The van der Waals surface area contributed by atoms with E-state index in [0.29, 0.717) is 24.5 Å². The molecule has 0 aliphatic rings. The van der Waals surface area contributed by atoms with Crippen molar-refractivity contribution in [2.24, 2.45) is 0 Å². The molecular formula is C12H14I2O3. The van der Waals surface area contributed by atoms with Crippen molar-refractivity contribution in [3.8, 4) is 5.75 Å². The highest BCUT2D eigenvalue weighted by Crippen LogP contribution is 2.27. The van der Waals surface area contributed by atoms with Crippen LogP contribution in [0.2, 0.25) is 0 Å². The summed E-state index contributed by atoms with van der Waals surface area (Å²) in [5, 5.41) is 0. The highest BCUT2D eigenvalue weighted by Gasteiger charge is 2.09. The Morgan fingerprint density at radius 3 is 2.65 bits per heavy atom. The van der Waals surface area contributed by atoms with Gasteiger partial charge in [-0.05, 0) is 63.7 Å². The monoisotopic (exact) mass is 460 g/mol. The van der Waals surface area contributed by atoms with Gasteiger partial charge >= 0.3 is 0 Å². The minimum absolute atomic E-state index is 0.470. The predicted molar refractivity (Wildman–Crippen MR) is 83.9 cm³/mol. The summed E-state index contributed by atoms with van der Waals surface area (Å²) in [5.41, 5.74) is 0.594. The number of carbonyl (C=O) groups is 1. The van der Waals surface area contributed by atoms with E-state index in [9.17, 15) is 4.79 Å². The van der Waals surface area contributed by atoms with Crippen LogP contribution in [-0.2, 0) is 4.74 Å². The van der Waals surface area contributed by atoms with Crippen molar-refractivity contribution >= 4 is 51.5 Å². The Labute approximate surface area is 129 Å². The lowest BCUT2D eigenvalue weighted by molar-refractivity contribution is 0.0989. The summed E-state index contributed by atoms with van der Waals surface area (Å²) in [6.07, 6.45) is 1.83. The molecule has 0 bridgehead atoms. The van der Waals surface area contributed by atoms with E-state index < -0.39 is 0 Å². The van der Waals surface area contributed by atoms with Crippen LogP contribution in [0.25, 0.3) is 0 Å². The van der Waals surface area contributed by atoms with Gasteiger partial charge in [-0.15, -0.1) is 0 Å². The van der Waals surface area contributed by atoms with Crippen molar-refractivity contribution in [1.29, 1.82) is 0 Å². The molecule has 0 aliphatic heterocycles. The second-order valence-electron chi connectivity index (χ2n) is 3.38. The molecule has 1 aromatic carbocycles. The molecule has 0 radical (unpaired) electrons. The molecule has 5 heteroatoms. The van der Waals surface area contributed by atoms with Gasteiger partial charge in [-0.1, -0.05) is 6.92 Å². The molecule has 3 nitrogen and oxygen atoms in total. The van der Waals surface area contributed by atoms with Crippen LogP contribution in [0.15, 0.2) is 12.1 Å². The molecule has 0 amide bonds. The molecule has 0 unspecified atom stereocenters. The number of aldehydes is 1. The van der Waals surface area contributed by atoms with Gasteiger partial charge in [0.15, 0.2) is 6.29 Å². The minimum atomic E-state index is 0.470. The van der Waals surface area contributed by atoms with Crippen molar-refractivity contribution in [3.05, 3.63) is 24.8 Å². The van der Waals surface area contributed by atoms with E-state index in [-0.39, 0.29) is 0 Å². The first-order valence-corrected chi connectivity index (χ1v) is 7.49. The molecule has 0 saturated carbocycles. The Morgan fingerprint density at radius 1 is 1.24 bits per heavy atom. The van der Waals surface area contributed by atoms with Crippen molar-refractivity contribution < 1.29 is 14.3 Å². The Balaban J connectivity index is 2.60. The molecule has 1 aromatic rings. The second-order valence-corrected chi connectivity index (χ2v) is 5.79. The molecule has 0 atom stereocenters. The number of benzene rings is 1. The van der Waals surface area contributed by atoms with Crippen LogP contribution < -0.4 is 4.74 Å². The number of rotatable bonds is 7. The first-order chi connectivity index (χ1) is 8.19. The van der Waals surface area contributed by atoms with E-state index in [1.165, 1.54) is 0 Å². The standard InChI is InChI=1S/C12H14I2O3/c1-2-3-16-4-5-17-12-9(8-15)6-10(13)7-11(12)14/h6-8H,2-5H2,1H3. The molecule has 1 rings (SSSR count). The van der Waals surface area contributed by atoms with Crippen LogP contribution in [0.3, 0.4) is 0 Å². The number of ether oxygens (including phenoxy) is 2. The predicted octanol–water partition coefficient (Wildman–Crippen LogP) is 3.51. The number of halogens is 2. The van der Waals surface area contributed by atoms with Crippen LogP contribution in [0.5, 0.6) is 5.75 Å². The van der Waals surface area contributed by atoms with E-state index in [2.05, 4.69) is 52.1 Å². The average molecular weight is 460 g/mol. The third-order valence-corrected chi connectivity index (χ3v) is 3.41. The lowest BCUT2D eigenvalue weighted by atomic mass is 10.2. The van der Waals surface area contributed by atoms with Crippen LogP contribution >= 0.6 is 45.2 Å². The van der Waals surface area contributed by atoms with E-state index in [1.807, 2.05) is 12.1 Å². The Kier molecular flexibility index (Phi) is 7.36. The molecule has 0 fully saturated rings. The van der Waals surface area contributed by atoms with Crippen LogP contribution in [0.1, 0.15) is 23.7 Å². The average Bonchev–Trinajstić information content (AvgIpc) is 2.30. The fourth-order valence-electron chi connectivity index (χ4n) is 1.27. The van der Waals surface area contributed by atoms with Crippen LogP contribution in [0, 0.1) is 7.14 Å². The SMILES string of the molecule is CCCOCCOc1c(I)cc(I)cc1C=O. The van der Waals surface area contributed by atoms with Crippen LogP contribution in [-0.4, -0.2) is 26.1 Å². The summed E-state index contributed by atoms with van der Waals surface area (Å²) in [6.45, 7) is 3.83. The third-order valence-electron chi connectivity index (χ3n) is 1.99. The van der Waals surface area contributed by atoms with Crippen LogP contribution in [0.4, 0.5) is 0 Å². The maximum Gasteiger partial charge on any atom is 0.153 e. The van der Waals surface area contributed by atoms with Crippen molar-refractivity contribution in [1.82, 2.24) is 0 Å². The van der Waals surface area contributed by atoms with Gasteiger partial charge in [0.2, 0.25) is 0 Å². The zero-order valence-corrected chi connectivity index (χ0v) is 13.9. The fourth-order valence-corrected chi connectivity index (χ4v) is 3.31. The first-order valence-electron chi connectivity index (χ1n) is 5.33. The van der Waals surface area contributed by atoms with Gasteiger partial charge in [-0.2, -0.15) is 0 Å². The maximum absolute atomic E-state index is 10.9. The van der Waals surface area contributed by atoms with E-state index in [1.54, 1.807) is 0 Å². The molecule has 0 aliphatic carbocycles. The second kappa shape index (κ2) is 8.25. The first kappa shape index (κ1) is 15.2. The van der Waals surface area contributed by atoms with Crippen molar-refractivity contribution in [2.75, 3.05) is 19.8 Å². The molecule has 0 heterocycles. The Bertz CT molecular complexity index is 380. The van der Waals surface area contributed by atoms with Gasteiger partial charge in [0.1, 0.15) is 12.4 Å². The molecule has 0 aromatic heterocycles.